The Morgan fingerprint density at radius 2 is 1.96 bits per heavy atom. The molecule has 0 aromatic heterocycles. The average Bonchev–Trinajstić information content (AvgIpc) is 2.84. The van der Waals surface area contributed by atoms with Gasteiger partial charge in [0.2, 0.25) is 10.0 Å². The highest BCUT2D eigenvalue weighted by Gasteiger charge is 2.35. The summed E-state index contributed by atoms with van der Waals surface area (Å²) < 4.78 is 60.4. The molecule has 0 aliphatic carbocycles. The van der Waals surface area contributed by atoms with Crippen LogP contribution in [-0.4, -0.2) is 74.6 Å². The van der Waals surface area contributed by atoms with Crippen molar-refractivity contribution >= 4 is 21.8 Å². The maximum absolute atomic E-state index is 14.1. The number of benzene rings is 1. The van der Waals surface area contributed by atoms with Crippen molar-refractivity contribution in [3.63, 3.8) is 0 Å². The summed E-state index contributed by atoms with van der Waals surface area (Å²) in [6.45, 7) is 3.66. The molecule has 1 aromatic rings. The van der Waals surface area contributed by atoms with Gasteiger partial charge in [-0.2, -0.15) is 16.1 Å². The first-order chi connectivity index (χ1) is 12.0. The lowest BCUT2D eigenvalue weighted by atomic mass is 10.2. The molecule has 2 aliphatic rings. The van der Waals surface area contributed by atoms with Crippen LogP contribution in [0, 0.1) is 11.6 Å². The Bertz CT molecular complexity index is 697. The fraction of sp³-hybridized carbons (Fsp3) is 0.625. The van der Waals surface area contributed by atoms with Crippen molar-refractivity contribution in [3.8, 4) is 0 Å². The summed E-state index contributed by atoms with van der Waals surface area (Å²) in [5.74, 6) is -0.164. The van der Waals surface area contributed by atoms with E-state index in [4.69, 9.17) is 4.74 Å². The molecule has 1 atom stereocenters. The molecule has 0 saturated carbocycles. The minimum absolute atomic E-state index is 0.265. The fourth-order valence-electron chi connectivity index (χ4n) is 3.15. The van der Waals surface area contributed by atoms with Crippen molar-refractivity contribution in [1.82, 2.24) is 9.21 Å². The van der Waals surface area contributed by atoms with Gasteiger partial charge in [0.05, 0.1) is 13.2 Å². The number of sulfonamides is 1. The third-order valence-electron chi connectivity index (χ3n) is 4.44. The average molecular weight is 392 g/mol. The Morgan fingerprint density at radius 1 is 1.20 bits per heavy atom. The SMILES string of the molecule is O=S(=O)(c1cc(F)ccc1F)N1CCCSCC1CN1CCOCC1. The van der Waals surface area contributed by atoms with Gasteiger partial charge in [0.25, 0.3) is 0 Å². The maximum Gasteiger partial charge on any atom is 0.246 e. The van der Waals surface area contributed by atoms with E-state index in [9.17, 15) is 17.2 Å². The molecule has 5 nitrogen and oxygen atoms in total. The number of hydrogen-bond donors (Lipinski definition) is 0. The van der Waals surface area contributed by atoms with Gasteiger partial charge >= 0.3 is 0 Å². The zero-order chi connectivity index (χ0) is 17.9. The number of ether oxygens (including phenoxy) is 1. The Hall–Kier alpha value is -0.740. The predicted molar refractivity (Wildman–Crippen MR) is 93.2 cm³/mol. The van der Waals surface area contributed by atoms with Crippen LogP contribution in [-0.2, 0) is 14.8 Å². The minimum Gasteiger partial charge on any atom is -0.379 e. The predicted octanol–water partition coefficient (Wildman–Crippen LogP) is 1.79. The molecule has 9 heteroatoms. The number of rotatable bonds is 4. The van der Waals surface area contributed by atoms with Crippen LogP contribution in [0.1, 0.15) is 6.42 Å². The molecule has 0 bridgehead atoms. The molecule has 2 fully saturated rings. The van der Waals surface area contributed by atoms with Crippen LogP contribution in [0.4, 0.5) is 8.78 Å². The van der Waals surface area contributed by atoms with Gasteiger partial charge in [-0.3, -0.25) is 4.90 Å². The lowest BCUT2D eigenvalue weighted by Crippen LogP contribution is -2.50. The van der Waals surface area contributed by atoms with E-state index in [1.165, 1.54) is 4.31 Å². The van der Waals surface area contributed by atoms with Crippen LogP contribution in [0.25, 0.3) is 0 Å². The highest BCUT2D eigenvalue weighted by molar-refractivity contribution is 7.99. The molecular formula is C16H22F2N2O3S2. The van der Waals surface area contributed by atoms with E-state index in [-0.39, 0.29) is 6.04 Å². The number of thioether (sulfide) groups is 1. The van der Waals surface area contributed by atoms with Crippen LogP contribution >= 0.6 is 11.8 Å². The zero-order valence-corrected chi connectivity index (χ0v) is 15.5. The van der Waals surface area contributed by atoms with E-state index < -0.39 is 26.6 Å². The molecular weight excluding hydrogens is 370 g/mol. The number of hydrogen-bond acceptors (Lipinski definition) is 5. The molecule has 0 N–H and O–H groups in total. The number of morpholine rings is 1. The Labute approximate surface area is 151 Å². The maximum atomic E-state index is 14.1. The first kappa shape index (κ1) is 19.0. The molecule has 25 heavy (non-hydrogen) atoms. The van der Waals surface area contributed by atoms with Crippen molar-refractivity contribution in [2.45, 2.75) is 17.4 Å². The standard InChI is InChI=1S/C16H22F2N2O3S2/c17-13-2-3-15(18)16(10-13)25(21,22)20-4-1-9-24-12-14(20)11-19-5-7-23-8-6-19/h2-3,10,14H,1,4-9,11-12H2. The Morgan fingerprint density at radius 3 is 2.72 bits per heavy atom. The molecule has 2 saturated heterocycles. The lowest BCUT2D eigenvalue weighted by Gasteiger charge is -2.35. The van der Waals surface area contributed by atoms with E-state index in [1.807, 2.05) is 0 Å². The largest absolute Gasteiger partial charge is 0.379 e. The number of nitrogens with zero attached hydrogens (tertiary/aromatic N) is 2. The van der Waals surface area contributed by atoms with E-state index >= 15 is 0 Å². The Kier molecular flexibility index (Phi) is 6.32. The molecule has 2 aliphatic heterocycles. The first-order valence-corrected chi connectivity index (χ1v) is 10.9. The second-order valence-electron chi connectivity index (χ2n) is 6.19. The summed E-state index contributed by atoms with van der Waals surface area (Å²) in [5.41, 5.74) is 0. The quantitative estimate of drug-likeness (QED) is 0.782. The van der Waals surface area contributed by atoms with Gasteiger partial charge in [-0.15, -0.1) is 0 Å². The van der Waals surface area contributed by atoms with E-state index in [2.05, 4.69) is 4.90 Å². The summed E-state index contributed by atoms with van der Waals surface area (Å²) in [6.07, 6.45) is 0.695. The first-order valence-electron chi connectivity index (χ1n) is 8.33. The third-order valence-corrected chi connectivity index (χ3v) is 7.60. The van der Waals surface area contributed by atoms with Gasteiger partial charge in [-0.25, -0.2) is 17.2 Å². The summed E-state index contributed by atoms with van der Waals surface area (Å²) in [5, 5.41) is 0. The molecule has 2 heterocycles. The van der Waals surface area contributed by atoms with Crippen LogP contribution in [0.5, 0.6) is 0 Å². The zero-order valence-electron chi connectivity index (χ0n) is 13.9. The second kappa shape index (κ2) is 8.30. The fourth-order valence-corrected chi connectivity index (χ4v) is 6.03. The molecule has 0 spiro atoms. The summed E-state index contributed by atoms with van der Waals surface area (Å²) in [4.78, 5) is 1.59. The summed E-state index contributed by atoms with van der Waals surface area (Å²) in [7, 11) is -4.09. The molecule has 1 unspecified atom stereocenters. The van der Waals surface area contributed by atoms with E-state index in [0.29, 0.717) is 38.5 Å². The summed E-state index contributed by atoms with van der Waals surface area (Å²) in [6, 6.07) is 2.30. The second-order valence-corrected chi connectivity index (χ2v) is 9.19. The highest BCUT2D eigenvalue weighted by Crippen LogP contribution is 2.27. The molecule has 0 amide bonds. The Balaban J connectivity index is 1.87. The van der Waals surface area contributed by atoms with Gasteiger partial charge in [-0.1, -0.05) is 0 Å². The summed E-state index contributed by atoms with van der Waals surface area (Å²) >= 11 is 1.70. The van der Waals surface area contributed by atoms with Gasteiger partial charge in [0.1, 0.15) is 16.5 Å². The molecule has 1 aromatic carbocycles. The highest BCUT2D eigenvalue weighted by atomic mass is 32.2. The van der Waals surface area contributed by atoms with Gasteiger partial charge in [0, 0.05) is 38.0 Å². The topological polar surface area (TPSA) is 49.9 Å². The van der Waals surface area contributed by atoms with Crippen molar-refractivity contribution in [2.24, 2.45) is 0 Å². The van der Waals surface area contributed by atoms with Crippen molar-refractivity contribution in [3.05, 3.63) is 29.8 Å². The lowest BCUT2D eigenvalue weighted by molar-refractivity contribution is 0.0309. The number of halogens is 2. The minimum atomic E-state index is -4.09. The van der Waals surface area contributed by atoms with Gasteiger partial charge < -0.3 is 4.74 Å². The monoisotopic (exact) mass is 392 g/mol. The molecule has 140 valence electrons. The van der Waals surface area contributed by atoms with E-state index in [1.54, 1.807) is 11.8 Å². The van der Waals surface area contributed by atoms with Crippen LogP contribution in [0.2, 0.25) is 0 Å². The van der Waals surface area contributed by atoms with Crippen LogP contribution in [0.15, 0.2) is 23.1 Å². The molecule has 0 radical (unpaired) electrons. The van der Waals surface area contributed by atoms with Crippen LogP contribution < -0.4 is 0 Å². The normalized spacial score (nSPS) is 24.2. The third kappa shape index (κ3) is 4.51. The molecule has 3 rings (SSSR count). The smallest absolute Gasteiger partial charge is 0.246 e. The van der Waals surface area contributed by atoms with Gasteiger partial charge in [0.15, 0.2) is 0 Å². The van der Waals surface area contributed by atoms with Crippen molar-refractivity contribution in [2.75, 3.05) is 50.9 Å². The van der Waals surface area contributed by atoms with Crippen molar-refractivity contribution < 1.29 is 21.9 Å². The van der Waals surface area contributed by atoms with Crippen molar-refractivity contribution in [1.29, 1.82) is 0 Å². The van der Waals surface area contributed by atoms with Crippen LogP contribution in [0.3, 0.4) is 0 Å². The van der Waals surface area contributed by atoms with E-state index in [0.717, 1.165) is 37.0 Å². The van der Waals surface area contributed by atoms with Gasteiger partial charge in [-0.05, 0) is 30.4 Å².